The largest absolute Gasteiger partial charge is 0.508 e. The summed E-state index contributed by atoms with van der Waals surface area (Å²) in [5.41, 5.74) is 3.79. The molecule has 9 rings (SSSR count). The molecule has 0 aliphatic carbocycles. The number of piperazine rings is 1. The molecule has 70 heavy (non-hydrogen) atoms. The number of cyclic esters (lactones) is 1. The maximum absolute atomic E-state index is 14.1. The van der Waals surface area contributed by atoms with E-state index in [0.717, 1.165) is 16.5 Å². The Bertz CT molecular complexity index is 3210. The highest BCUT2D eigenvalue weighted by molar-refractivity contribution is 5.96. The second-order valence-corrected chi connectivity index (χ2v) is 18.0. The summed E-state index contributed by atoms with van der Waals surface area (Å²) in [6.07, 6.45) is 0.244. The first-order chi connectivity index (χ1) is 33.6. The van der Waals surface area contributed by atoms with Crippen LogP contribution in [0.25, 0.3) is 39.4 Å². The van der Waals surface area contributed by atoms with Crippen LogP contribution in [0.3, 0.4) is 0 Å². The number of phenolic OH excluding ortho intramolecular Hbond substituents is 3. The van der Waals surface area contributed by atoms with E-state index in [9.17, 15) is 44.1 Å². The smallest absolute Gasteiger partial charge is 0.317 e. The van der Waals surface area contributed by atoms with Gasteiger partial charge in [-0.05, 0) is 97.0 Å². The highest BCUT2D eigenvalue weighted by Crippen LogP contribution is 2.44. The Kier molecular flexibility index (Phi) is 12.4. The summed E-state index contributed by atoms with van der Waals surface area (Å²) in [6, 6.07) is 16.0. The van der Waals surface area contributed by atoms with Crippen LogP contribution in [0.2, 0.25) is 0 Å². The number of nitrogens with one attached hydrogen (secondary N) is 1. The zero-order valence-corrected chi connectivity index (χ0v) is 39.4. The van der Waals surface area contributed by atoms with Gasteiger partial charge in [0.05, 0.1) is 41.0 Å². The molecular weight excluding hydrogens is 901 g/mol. The molecule has 1 unspecified atom stereocenters. The summed E-state index contributed by atoms with van der Waals surface area (Å²) in [7, 11) is 0. The molecule has 3 aromatic heterocycles. The lowest BCUT2D eigenvalue weighted by Gasteiger charge is -2.36. The van der Waals surface area contributed by atoms with Gasteiger partial charge in [0.1, 0.15) is 29.3 Å². The van der Waals surface area contributed by atoms with Gasteiger partial charge in [0.15, 0.2) is 12.4 Å². The number of pyridine rings is 2. The minimum absolute atomic E-state index is 0.0552. The Morgan fingerprint density at radius 2 is 1.60 bits per heavy atom. The molecule has 19 nitrogen and oxygen atoms in total. The number of fused-ring (bicyclic) bond motifs is 5. The summed E-state index contributed by atoms with van der Waals surface area (Å²) >= 11 is 0. The van der Waals surface area contributed by atoms with E-state index in [4.69, 9.17) is 14.5 Å². The summed E-state index contributed by atoms with van der Waals surface area (Å²) in [6.45, 7) is 9.65. The standard InChI is InChI=1S/C51H52N8O11/c1-6-31-33-19-30(60)13-14-38(33)53-44-35(31)24-58-39(44)21-37-36(49(58)67)25-70-50(68)51(37,7-2)23-43(64)69-26-42(63)56-15-17-57(18-16-56)48(66)28-9-11-29(12-10-28)59-45(54-55-46(59)47(65)52-8-3)34-20-32(27(4)5)40(61)22-41(34)62/h9-14,19-22,27,60-62H,6-8,15-18,23-26H2,1-5H3,(H,52,65). The van der Waals surface area contributed by atoms with Crippen LogP contribution in [0.4, 0.5) is 0 Å². The summed E-state index contributed by atoms with van der Waals surface area (Å²) in [4.78, 5) is 89.7. The fourth-order valence-electron chi connectivity index (χ4n) is 9.87. The molecule has 3 amide bonds. The summed E-state index contributed by atoms with van der Waals surface area (Å²) in [5, 5.41) is 43.5. The number of ether oxygens (including phenoxy) is 2. The number of hydrogen-bond acceptors (Lipinski definition) is 14. The van der Waals surface area contributed by atoms with Gasteiger partial charge in [-0.3, -0.25) is 33.3 Å². The fraction of sp³-hybridized carbons (Fsp3) is 0.353. The van der Waals surface area contributed by atoms with Crippen LogP contribution < -0.4 is 10.9 Å². The van der Waals surface area contributed by atoms with Gasteiger partial charge in [-0.1, -0.05) is 27.7 Å². The topological polar surface area (TPSA) is 249 Å². The van der Waals surface area contributed by atoms with E-state index in [1.807, 2.05) is 20.8 Å². The van der Waals surface area contributed by atoms with Crippen molar-refractivity contribution < 1.29 is 48.8 Å². The molecule has 3 aliphatic heterocycles. The number of hydrogen-bond donors (Lipinski definition) is 4. The molecule has 6 heterocycles. The van der Waals surface area contributed by atoms with E-state index in [1.54, 1.807) is 77.9 Å². The number of amides is 3. The Morgan fingerprint density at radius 3 is 2.29 bits per heavy atom. The van der Waals surface area contributed by atoms with Crippen LogP contribution in [-0.4, -0.2) is 118 Å². The van der Waals surface area contributed by atoms with Crippen LogP contribution in [0.1, 0.15) is 102 Å². The average Bonchev–Trinajstić information content (AvgIpc) is 3.96. The Labute approximate surface area is 401 Å². The lowest BCUT2D eigenvalue weighted by Crippen LogP contribution is -2.51. The van der Waals surface area contributed by atoms with Crippen molar-refractivity contribution >= 4 is 40.6 Å². The van der Waals surface area contributed by atoms with Gasteiger partial charge in [0.2, 0.25) is 5.82 Å². The third-order valence-corrected chi connectivity index (χ3v) is 13.7. The van der Waals surface area contributed by atoms with Crippen molar-refractivity contribution in [3.63, 3.8) is 0 Å². The number of carbonyl (C=O) groups excluding carboxylic acids is 5. The number of aromatic nitrogens is 5. The van der Waals surface area contributed by atoms with Crippen molar-refractivity contribution in [2.45, 2.75) is 78.4 Å². The third-order valence-electron chi connectivity index (χ3n) is 13.7. The first kappa shape index (κ1) is 47.0. The molecule has 4 N–H and O–H groups in total. The van der Waals surface area contributed by atoms with Crippen molar-refractivity contribution in [2.24, 2.45) is 0 Å². The van der Waals surface area contributed by atoms with Crippen LogP contribution in [0, 0.1) is 0 Å². The molecule has 19 heteroatoms. The number of aryl methyl sites for hydroxylation is 1. The van der Waals surface area contributed by atoms with Gasteiger partial charge in [0.25, 0.3) is 23.3 Å². The Morgan fingerprint density at radius 1 is 0.871 bits per heavy atom. The van der Waals surface area contributed by atoms with E-state index in [0.29, 0.717) is 52.2 Å². The zero-order valence-electron chi connectivity index (χ0n) is 39.4. The molecule has 6 aromatic rings. The van der Waals surface area contributed by atoms with Crippen LogP contribution in [-0.2, 0) is 48.8 Å². The third kappa shape index (κ3) is 8.03. The van der Waals surface area contributed by atoms with Gasteiger partial charge in [-0.25, -0.2) is 4.98 Å². The van der Waals surface area contributed by atoms with E-state index >= 15 is 0 Å². The number of esters is 2. The quantitative estimate of drug-likeness (QED) is 0.120. The van der Waals surface area contributed by atoms with E-state index < -0.39 is 42.2 Å². The molecule has 3 aromatic carbocycles. The molecule has 1 fully saturated rings. The van der Waals surface area contributed by atoms with Crippen LogP contribution >= 0.6 is 0 Å². The van der Waals surface area contributed by atoms with Crippen molar-refractivity contribution in [1.82, 2.24) is 39.4 Å². The zero-order chi connectivity index (χ0) is 49.8. The van der Waals surface area contributed by atoms with Gasteiger partial charge in [-0.15, -0.1) is 10.2 Å². The van der Waals surface area contributed by atoms with Gasteiger partial charge in [0, 0.05) is 61.0 Å². The number of benzene rings is 3. The summed E-state index contributed by atoms with van der Waals surface area (Å²) in [5.74, 6) is -3.06. The SMILES string of the molecule is CCNC(=O)c1nnc(-c2cc(C(C)C)c(O)cc2O)n1-c1ccc(C(=O)N2CCN(C(=O)COC(=O)CC3(CC)C(=O)OCc4c3cc3n(c4=O)Cc4c-3nc3ccc(O)cc3c4CC)CC2)cc1. The fourth-order valence-corrected chi connectivity index (χ4v) is 9.87. The first-order valence-corrected chi connectivity index (χ1v) is 23.3. The highest BCUT2D eigenvalue weighted by atomic mass is 16.5. The predicted octanol–water partition coefficient (Wildman–Crippen LogP) is 4.85. The van der Waals surface area contributed by atoms with E-state index in [1.165, 1.54) is 15.5 Å². The molecule has 0 bridgehead atoms. The average molecular weight is 953 g/mol. The number of nitrogens with zero attached hydrogens (tertiary/aromatic N) is 7. The minimum atomic E-state index is -1.57. The van der Waals surface area contributed by atoms with Crippen molar-refractivity contribution in [1.29, 1.82) is 0 Å². The van der Waals surface area contributed by atoms with E-state index in [-0.39, 0.29) is 103 Å². The first-order valence-electron chi connectivity index (χ1n) is 23.3. The summed E-state index contributed by atoms with van der Waals surface area (Å²) < 4.78 is 14.1. The molecule has 1 atom stereocenters. The van der Waals surface area contributed by atoms with Crippen LogP contribution in [0.5, 0.6) is 17.2 Å². The molecule has 0 saturated carbocycles. The number of rotatable bonds is 12. The van der Waals surface area contributed by atoms with E-state index in [2.05, 4.69) is 15.5 Å². The lowest BCUT2D eigenvalue weighted by molar-refractivity contribution is -0.162. The maximum Gasteiger partial charge on any atom is 0.317 e. The molecule has 1 saturated heterocycles. The molecular formula is C51H52N8O11. The van der Waals surface area contributed by atoms with Crippen molar-refractivity contribution in [3.05, 3.63) is 110 Å². The molecule has 362 valence electrons. The lowest BCUT2D eigenvalue weighted by atomic mass is 9.72. The molecule has 0 radical (unpaired) electrons. The number of aromatic hydroxyl groups is 3. The molecule has 0 spiro atoms. The predicted molar refractivity (Wildman–Crippen MR) is 254 cm³/mol. The van der Waals surface area contributed by atoms with Crippen molar-refractivity contribution in [2.75, 3.05) is 39.3 Å². The second-order valence-electron chi connectivity index (χ2n) is 18.0. The number of carbonyl (C=O) groups is 5. The Balaban J connectivity index is 0.861. The second kappa shape index (κ2) is 18.4. The van der Waals surface area contributed by atoms with Gasteiger partial charge < -0.3 is 44.5 Å². The number of phenols is 3. The molecule has 3 aliphatic rings. The van der Waals surface area contributed by atoms with Crippen molar-refractivity contribution in [3.8, 4) is 45.7 Å². The minimum Gasteiger partial charge on any atom is -0.508 e. The van der Waals surface area contributed by atoms with Gasteiger partial charge >= 0.3 is 11.9 Å². The monoisotopic (exact) mass is 952 g/mol. The highest BCUT2D eigenvalue weighted by Gasteiger charge is 2.49. The van der Waals surface area contributed by atoms with Crippen LogP contribution in [0.15, 0.2) is 65.5 Å². The maximum atomic E-state index is 14.1. The normalized spacial score (nSPS) is 16.2. The van der Waals surface area contributed by atoms with Gasteiger partial charge in [-0.2, -0.15) is 0 Å². The Hall–Kier alpha value is -8.09.